The predicted octanol–water partition coefficient (Wildman–Crippen LogP) is 3.18. The fourth-order valence-corrected chi connectivity index (χ4v) is 3.12. The standard InChI is InChI=1S/C20H21N5O/c21-18-19(22-15-23-20(18)26-17-9-5-2-6-10-17)25-13-11-24(12-14-25)16-7-3-1-4-8-16/h1-10,15H,11-14,21H2. The molecule has 6 nitrogen and oxygen atoms in total. The van der Waals surface area contributed by atoms with Gasteiger partial charge in [-0.3, -0.25) is 0 Å². The predicted molar refractivity (Wildman–Crippen MR) is 104 cm³/mol. The van der Waals surface area contributed by atoms with E-state index >= 15 is 0 Å². The molecule has 0 unspecified atom stereocenters. The van der Waals surface area contributed by atoms with Crippen LogP contribution < -0.4 is 20.3 Å². The van der Waals surface area contributed by atoms with Crippen LogP contribution in [0.1, 0.15) is 0 Å². The number of para-hydroxylation sites is 2. The Morgan fingerprint density at radius 1 is 0.769 bits per heavy atom. The Morgan fingerprint density at radius 2 is 1.38 bits per heavy atom. The van der Waals surface area contributed by atoms with Gasteiger partial charge in [-0.1, -0.05) is 36.4 Å². The molecule has 0 atom stereocenters. The van der Waals surface area contributed by atoms with Crippen LogP contribution in [0.5, 0.6) is 11.6 Å². The third kappa shape index (κ3) is 3.39. The molecule has 3 aromatic rings. The van der Waals surface area contributed by atoms with Gasteiger partial charge in [-0.25, -0.2) is 4.98 Å². The summed E-state index contributed by atoms with van der Waals surface area (Å²) in [7, 11) is 0. The highest BCUT2D eigenvalue weighted by Crippen LogP contribution is 2.32. The summed E-state index contributed by atoms with van der Waals surface area (Å²) in [6.45, 7) is 3.53. The summed E-state index contributed by atoms with van der Waals surface area (Å²) in [4.78, 5) is 13.1. The Bertz CT molecular complexity index is 849. The molecule has 0 spiro atoms. The minimum atomic E-state index is 0.395. The van der Waals surface area contributed by atoms with Gasteiger partial charge in [0.2, 0.25) is 5.88 Å². The van der Waals surface area contributed by atoms with E-state index in [1.807, 2.05) is 36.4 Å². The van der Waals surface area contributed by atoms with Gasteiger partial charge in [-0.05, 0) is 24.3 Å². The lowest BCUT2D eigenvalue weighted by Gasteiger charge is -2.37. The van der Waals surface area contributed by atoms with Gasteiger partial charge in [-0.2, -0.15) is 4.98 Å². The molecule has 2 N–H and O–H groups in total. The fourth-order valence-electron chi connectivity index (χ4n) is 3.12. The number of benzene rings is 2. The van der Waals surface area contributed by atoms with Gasteiger partial charge in [-0.15, -0.1) is 0 Å². The molecular formula is C20H21N5O. The SMILES string of the molecule is Nc1c(Oc2ccccc2)ncnc1N1CCN(c2ccccc2)CC1. The normalized spacial score (nSPS) is 14.3. The number of anilines is 3. The second-order valence-electron chi connectivity index (χ2n) is 6.14. The van der Waals surface area contributed by atoms with Crippen LogP contribution in [0, 0.1) is 0 Å². The molecule has 26 heavy (non-hydrogen) atoms. The molecule has 2 heterocycles. The van der Waals surface area contributed by atoms with Gasteiger partial charge in [0.1, 0.15) is 17.8 Å². The van der Waals surface area contributed by atoms with Crippen molar-refractivity contribution in [1.29, 1.82) is 0 Å². The second-order valence-corrected chi connectivity index (χ2v) is 6.14. The molecule has 132 valence electrons. The fraction of sp³-hybridized carbons (Fsp3) is 0.200. The van der Waals surface area contributed by atoms with Crippen LogP contribution in [0.4, 0.5) is 17.2 Å². The second kappa shape index (κ2) is 7.31. The molecule has 1 fully saturated rings. The number of rotatable bonds is 4. The van der Waals surface area contributed by atoms with Crippen LogP contribution in [-0.4, -0.2) is 36.1 Å². The molecule has 2 aromatic carbocycles. The zero-order valence-corrected chi connectivity index (χ0v) is 14.5. The average molecular weight is 347 g/mol. The number of nitrogens with two attached hydrogens (primary N) is 1. The largest absolute Gasteiger partial charge is 0.437 e. The summed E-state index contributed by atoms with van der Waals surface area (Å²) in [5.74, 6) is 1.84. The summed E-state index contributed by atoms with van der Waals surface area (Å²) in [5.41, 5.74) is 8.03. The maximum Gasteiger partial charge on any atom is 0.248 e. The van der Waals surface area contributed by atoms with Crippen LogP contribution in [0.3, 0.4) is 0 Å². The lowest BCUT2D eigenvalue weighted by Crippen LogP contribution is -2.47. The van der Waals surface area contributed by atoms with Gasteiger partial charge in [0.15, 0.2) is 5.82 Å². The van der Waals surface area contributed by atoms with E-state index in [1.165, 1.54) is 12.0 Å². The van der Waals surface area contributed by atoms with Gasteiger partial charge in [0.05, 0.1) is 0 Å². The van der Waals surface area contributed by atoms with Crippen molar-refractivity contribution in [1.82, 2.24) is 9.97 Å². The number of nitrogen functional groups attached to an aromatic ring is 1. The van der Waals surface area contributed by atoms with Crippen molar-refractivity contribution in [2.75, 3.05) is 41.7 Å². The molecule has 0 aliphatic carbocycles. The van der Waals surface area contributed by atoms with Crippen LogP contribution in [0.15, 0.2) is 67.0 Å². The first-order valence-electron chi connectivity index (χ1n) is 8.69. The van der Waals surface area contributed by atoms with Crippen molar-refractivity contribution in [3.63, 3.8) is 0 Å². The van der Waals surface area contributed by atoms with E-state index in [9.17, 15) is 0 Å². The average Bonchev–Trinajstić information content (AvgIpc) is 2.71. The maximum absolute atomic E-state index is 6.30. The number of ether oxygens (including phenoxy) is 1. The van der Waals surface area contributed by atoms with Crippen LogP contribution in [0.25, 0.3) is 0 Å². The van der Waals surface area contributed by atoms with Crippen molar-refractivity contribution in [2.45, 2.75) is 0 Å². The highest BCUT2D eigenvalue weighted by Gasteiger charge is 2.22. The molecule has 0 saturated carbocycles. The van der Waals surface area contributed by atoms with Gasteiger partial charge in [0, 0.05) is 31.9 Å². The third-order valence-corrected chi connectivity index (χ3v) is 4.48. The van der Waals surface area contributed by atoms with Crippen molar-refractivity contribution in [2.24, 2.45) is 0 Å². The summed E-state index contributed by atoms with van der Waals surface area (Å²) in [6.07, 6.45) is 1.51. The Morgan fingerprint density at radius 3 is 2.08 bits per heavy atom. The molecule has 0 bridgehead atoms. The molecule has 1 saturated heterocycles. The highest BCUT2D eigenvalue weighted by atomic mass is 16.5. The van der Waals surface area contributed by atoms with E-state index in [-0.39, 0.29) is 0 Å². The Kier molecular flexibility index (Phi) is 4.55. The van der Waals surface area contributed by atoms with Crippen molar-refractivity contribution in [3.8, 4) is 11.6 Å². The summed E-state index contributed by atoms with van der Waals surface area (Å²) in [6, 6.07) is 20.0. The monoisotopic (exact) mass is 347 g/mol. The third-order valence-electron chi connectivity index (χ3n) is 4.48. The number of nitrogens with zero attached hydrogens (tertiary/aromatic N) is 4. The van der Waals surface area contributed by atoms with E-state index in [2.05, 4.69) is 44.0 Å². The van der Waals surface area contributed by atoms with Crippen molar-refractivity contribution < 1.29 is 4.74 Å². The van der Waals surface area contributed by atoms with E-state index in [0.717, 1.165) is 32.0 Å². The zero-order chi connectivity index (χ0) is 17.8. The van der Waals surface area contributed by atoms with Crippen LogP contribution in [0.2, 0.25) is 0 Å². The summed E-state index contributed by atoms with van der Waals surface area (Å²) in [5, 5.41) is 0. The minimum absolute atomic E-state index is 0.395. The lowest BCUT2D eigenvalue weighted by molar-refractivity contribution is 0.464. The van der Waals surface area contributed by atoms with Crippen LogP contribution >= 0.6 is 0 Å². The minimum Gasteiger partial charge on any atom is -0.437 e. The number of hydrogen-bond acceptors (Lipinski definition) is 6. The Balaban J connectivity index is 1.48. The summed E-state index contributed by atoms with van der Waals surface area (Å²) >= 11 is 0. The first-order chi connectivity index (χ1) is 12.8. The quantitative estimate of drug-likeness (QED) is 0.782. The first kappa shape index (κ1) is 16.2. The van der Waals surface area contributed by atoms with E-state index in [1.54, 1.807) is 0 Å². The molecule has 0 radical (unpaired) electrons. The van der Waals surface area contributed by atoms with E-state index in [0.29, 0.717) is 17.3 Å². The zero-order valence-electron chi connectivity index (χ0n) is 14.5. The smallest absolute Gasteiger partial charge is 0.248 e. The number of hydrogen-bond donors (Lipinski definition) is 1. The number of aromatic nitrogens is 2. The molecule has 1 aliphatic rings. The topological polar surface area (TPSA) is 67.5 Å². The van der Waals surface area contributed by atoms with Crippen molar-refractivity contribution in [3.05, 3.63) is 67.0 Å². The maximum atomic E-state index is 6.30. The molecular weight excluding hydrogens is 326 g/mol. The first-order valence-corrected chi connectivity index (χ1v) is 8.69. The summed E-state index contributed by atoms with van der Waals surface area (Å²) < 4.78 is 5.82. The van der Waals surface area contributed by atoms with Crippen molar-refractivity contribution >= 4 is 17.2 Å². The van der Waals surface area contributed by atoms with E-state index < -0.39 is 0 Å². The highest BCUT2D eigenvalue weighted by molar-refractivity contribution is 5.68. The van der Waals surface area contributed by atoms with E-state index in [4.69, 9.17) is 10.5 Å². The van der Waals surface area contributed by atoms with Gasteiger partial charge in [0.25, 0.3) is 0 Å². The molecule has 1 aromatic heterocycles. The Hall–Kier alpha value is -3.28. The Labute approximate surface area is 152 Å². The molecule has 0 amide bonds. The molecule has 4 rings (SSSR count). The number of piperazine rings is 1. The molecule has 1 aliphatic heterocycles. The lowest BCUT2D eigenvalue weighted by atomic mass is 10.2. The van der Waals surface area contributed by atoms with Gasteiger partial charge < -0.3 is 20.3 Å². The van der Waals surface area contributed by atoms with Crippen LogP contribution in [-0.2, 0) is 0 Å². The van der Waals surface area contributed by atoms with Gasteiger partial charge >= 0.3 is 0 Å². The molecule has 6 heteroatoms.